The second-order valence-corrected chi connectivity index (χ2v) is 4.84. The first-order valence-electron chi connectivity index (χ1n) is 6.82. The molecule has 0 aliphatic heterocycles. The van der Waals surface area contributed by atoms with Gasteiger partial charge in [0.1, 0.15) is 0 Å². The molecule has 0 saturated heterocycles. The molecule has 0 radical (unpaired) electrons. The zero-order valence-corrected chi connectivity index (χ0v) is 11.1. The fraction of sp³-hybridized carbons (Fsp3) is 0.533. The van der Waals surface area contributed by atoms with Gasteiger partial charge in [-0.3, -0.25) is 4.79 Å². The molecule has 0 fully saturated rings. The van der Waals surface area contributed by atoms with Gasteiger partial charge in [0.15, 0.2) is 11.5 Å². The third kappa shape index (κ3) is 6.70. The Hall–Kier alpha value is -1.71. The van der Waals surface area contributed by atoms with Crippen molar-refractivity contribution in [2.45, 2.75) is 51.4 Å². The Morgan fingerprint density at radius 1 is 0.895 bits per heavy atom. The van der Waals surface area contributed by atoms with Crippen LogP contribution in [0.1, 0.15) is 50.5 Å². The van der Waals surface area contributed by atoms with Crippen LogP contribution in [0.25, 0.3) is 0 Å². The second kappa shape index (κ2) is 8.40. The summed E-state index contributed by atoms with van der Waals surface area (Å²) in [6.07, 6.45) is 7.25. The number of aliphatic carboxylic acids is 1. The van der Waals surface area contributed by atoms with Gasteiger partial charge in [-0.2, -0.15) is 0 Å². The molecule has 0 spiro atoms. The van der Waals surface area contributed by atoms with Crippen LogP contribution < -0.4 is 0 Å². The van der Waals surface area contributed by atoms with Crippen molar-refractivity contribution in [3.05, 3.63) is 23.8 Å². The van der Waals surface area contributed by atoms with Gasteiger partial charge in [-0.1, -0.05) is 31.7 Å². The molecule has 1 aromatic carbocycles. The number of phenolic OH excluding ortho intramolecular Hbond substituents is 2. The molecular weight excluding hydrogens is 244 g/mol. The molecule has 106 valence electrons. The summed E-state index contributed by atoms with van der Waals surface area (Å²) >= 11 is 0. The number of phenols is 2. The van der Waals surface area contributed by atoms with Gasteiger partial charge >= 0.3 is 5.97 Å². The van der Waals surface area contributed by atoms with Crippen LogP contribution in [-0.4, -0.2) is 21.3 Å². The Morgan fingerprint density at radius 3 is 2.16 bits per heavy atom. The highest BCUT2D eigenvalue weighted by Gasteiger charge is 2.01. The largest absolute Gasteiger partial charge is 0.504 e. The van der Waals surface area contributed by atoms with Crippen LogP contribution in [0.4, 0.5) is 0 Å². The lowest BCUT2D eigenvalue weighted by atomic mass is 10.0. The van der Waals surface area contributed by atoms with Crippen molar-refractivity contribution >= 4 is 5.97 Å². The van der Waals surface area contributed by atoms with Crippen LogP contribution in [0.15, 0.2) is 18.2 Å². The lowest BCUT2D eigenvalue weighted by Gasteiger charge is -2.04. The number of carboxylic acid groups (broad SMARTS) is 1. The Labute approximate surface area is 113 Å². The van der Waals surface area contributed by atoms with E-state index in [1.807, 2.05) is 6.07 Å². The third-order valence-corrected chi connectivity index (χ3v) is 3.15. The molecular formula is C15H22O4. The van der Waals surface area contributed by atoms with E-state index in [1.165, 1.54) is 6.07 Å². The number of rotatable bonds is 9. The monoisotopic (exact) mass is 266 g/mol. The number of carboxylic acids is 1. The highest BCUT2D eigenvalue weighted by molar-refractivity contribution is 5.66. The van der Waals surface area contributed by atoms with Gasteiger partial charge in [-0.05, 0) is 37.0 Å². The molecule has 0 aliphatic rings. The van der Waals surface area contributed by atoms with E-state index in [0.717, 1.165) is 50.5 Å². The normalized spacial score (nSPS) is 10.5. The van der Waals surface area contributed by atoms with Crippen LogP contribution in [-0.2, 0) is 11.2 Å². The van der Waals surface area contributed by atoms with Crippen LogP contribution in [0.3, 0.4) is 0 Å². The van der Waals surface area contributed by atoms with Crippen molar-refractivity contribution in [3.63, 3.8) is 0 Å². The average Bonchev–Trinajstić information content (AvgIpc) is 2.36. The highest BCUT2D eigenvalue weighted by Crippen LogP contribution is 2.25. The van der Waals surface area contributed by atoms with Gasteiger partial charge < -0.3 is 15.3 Å². The van der Waals surface area contributed by atoms with Crippen molar-refractivity contribution in [2.75, 3.05) is 0 Å². The summed E-state index contributed by atoms with van der Waals surface area (Å²) < 4.78 is 0. The van der Waals surface area contributed by atoms with Gasteiger partial charge in [-0.15, -0.1) is 0 Å². The van der Waals surface area contributed by atoms with E-state index < -0.39 is 5.97 Å². The third-order valence-electron chi connectivity index (χ3n) is 3.15. The van der Waals surface area contributed by atoms with E-state index in [2.05, 4.69) is 0 Å². The van der Waals surface area contributed by atoms with Gasteiger partial charge in [0.25, 0.3) is 0 Å². The van der Waals surface area contributed by atoms with Crippen LogP contribution in [0.2, 0.25) is 0 Å². The van der Waals surface area contributed by atoms with Crippen molar-refractivity contribution in [2.24, 2.45) is 0 Å². The molecule has 0 atom stereocenters. The summed E-state index contributed by atoms with van der Waals surface area (Å²) in [4.78, 5) is 10.3. The lowest BCUT2D eigenvalue weighted by Crippen LogP contribution is -1.93. The zero-order chi connectivity index (χ0) is 14.1. The minimum absolute atomic E-state index is 0.0637. The second-order valence-electron chi connectivity index (χ2n) is 4.84. The van der Waals surface area contributed by atoms with Crippen LogP contribution in [0, 0.1) is 0 Å². The first-order valence-corrected chi connectivity index (χ1v) is 6.82. The summed E-state index contributed by atoms with van der Waals surface area (Å²) in [5.41, 5.74) is 1.03. The summed E-state index contributed by atoms with van der Waals surface area (Å²) in [6.45, 7) is 0. The number of aromatic hydroxyl groups is 2. The molecule has 0 aromatic heterocycles. The van der Waals surface area contributed by atoms with Crippen molar-refractivity contribution in [1.29, 1.82) is 0 Å². The first-order chi connectivity index (χ1) is 9.09. The van der Waals surface area contributed by atoms with Gasteiger partial charge in [0.05, 0.1) is 0 Å². The molecule has 3 N–H and O–H groups in total. The molecule has 0 aliphatic carbocycles. The molecule has 1 aromatic rings. The van der Waals surface area contributed by atoms with E-state index in [0.29, 0.717) is 0 Å². The Balaban J connectivity index is 2.04. The summed E-state index contributed by atoms with van der Waals surface area (Å²) in [7, 11) is 0. The van der Waals surface area contributed by atoms with Crippen molar-refractivity contribution in [1.82, 2.24) is 0 Å². The molecule has 19 heavy (non-hydrogen) atoms. The zero-order valence-electron chi connectivity index (χ0n) is 11.1. The number of benzene rings is 1. The summed E-state index contributed by atoms with van der Waals surface area (Å²) in [5, 5.41) is 27.0. The standard InChI is InChI=1S/C15H22O4/c16-13-10-9-12(11-14(13)17)7-5-3-1-2-4-6-8-15(18)19/h9-11,16-17H,1-8H2,(H,18,19). The van der Waals surface area contributed by atoms with E-state index in [-0.39, 0.29) is 17.9 Å². The molecule has 4 heteroatoms. The number of aryl methyl sites for hydroxylation is 1. The topological polar surface area (TPSA) is 77.8 Å². The maximum absolute atomic E-state index is 10.3. The van der Waals surface area contributed by atoms with Crippen LogP contribution >= 0.6 is 0 Å². The predicted octanol–water partition coefficient (Wildman–Crippen LogP) is 3.46. The summed E-state index contributed by atoms with van der Waals surface area (Å²) in [5.74, 6) is -0.861. The maximum Gasteiger partial charge on any atom is 0.303 e. The quantitative estimate of drug-likeness (QED) is 0.472. The lowest BCUT2D eigenvalue weighted by molar-refractivity contribution is -0.137. The minimum Gasteiger partial charge on any atom is -0.504 e. The van der Waals surface area contributed by atoms with Gasteiger partial charge in [-0.25, -0.2) is 0 Å². The highest BCUT2D eigenvalue weighted by atomic mass is 16.4. The fourth-order valence-corrected chi connectivity index (χ4v) is 2.04. The van der Waals surface area contributed by atoms with Crippen LogP contribution in [0.5, 0.6) is 11.5 Å². The average molecular weight is 266 g/mol. The Bertz CT molecular complexity index is 401. The predicted molar refractivity (Wildman–Crippen MR) is 73.4 cm³/mol. The SMILES string of the molecule is O=C(O)CCCCCCCCc1ccc(O)c(O)c1. The van der Waals surface area contributed by atoms with Gasteiger partial charge in [0, 0.05) is 6.42 Å². The van der Waals surface area contributed by atoms with Crippen molar-refractivity contribution < 1.29 is 20.1 Å². The number of hydrogen-bond acceptors (Lipinski definition) is 3. The molecule has 4 nitrogen and oxygen atoms in total. The molecule has 0 heterocycles. The molecule has 1 rings (SSSR count). The van der Waals surface area contributed by atoms with Gasteiger partial charge in [0.2, 0.25) is 0 Å². The molecule has 0 bridgehead atoms. The van der Waals surface area contributed by atoms with E-state index in [1.54, 1.807) is 6.07 Å². The Morgan fingerprint density at radius 2 is 1.53 bits per heavy atom. The molecule has 0 saturated carbocycles. The number of unbranched alkanes of at least 4 members (excludes halogenated alkanes) is 5. The molecule has 0 amide bonds. The van der Waals surface area contributed by atoms with E-state index in [9.17, 15) is 15.0 Å². The minimum atomic E-state index is -0.716. The fourth-order valence-electron chi connectivity index (χ4n) is 2.04. The van der Waals surface area contributed by atoms with Crippen molar-refractivity contribution in [3.8, 4) is 11.5 Å². The number of hydrogen-bond donors (Lipinski definition) is 3. The molecule has 0 unspecified atom stereocenters. The smallest absolute Gasteiger partial charge is 0.303 e. The van der Waals surface area contributed by atoms with E-state index in [4.69, 9.17) is 5.11 Å². The van der Waals surface area contributed by atoms with E-state index >= 15 is 0 Å². The summed E-state index contributed by atoms with van der Waals surface area (Å²) in [6, 6.07) is 4.93. The number of carbonyl (C=O) groups is 1. The first kappa shape index (κ1) is 15.3. The maximum atomic E-state index is 10.3. The Kier molecular flexibility index (Phi) is 6.79.